The highest BCUT2D eigenvalue weighted by molar-refractivity contribution is 9.10. The van der Waals surface area contributed by atoms with Gasteiger partial charge in [-0.05, 0) is 34.5 Å². The quantitative estimate of drug-likeness (QED) is 0.292. The summed E-state index contributed by atoms with van der Waals surface area (Å²) < 4.78 is 31.6. The highest BCUT2D eigenvalue weighted by Crippen LogP contribution is 2.54. The van der Waals surface area contributed by atoms with E-state index in [9.17, 15) is 9.18 Å². The van der Waals surface area contributed by atoms with Crippen LogP contribution >= 0.6 is 27.5 Å². The molecule has 1 aliphatic rings. The van der Waals surface area contributed by atoms with Crippen LogP contribution in [0, 0.1) is 5.82 Å². The molecule has 0 saturated carbocycles. The number of carbonyl (C=O) groups is 1. The summed E-state index contributed by atoms with van der Waals surface area (Å²) in [5.74, 6) is -1.03. The molecular weight excluding hydrogens is 501 g/mol. The van der Waals surface area contributed by atoms with Crippen LogP contribution in [0.1, 0.15) is 23.7 Å². The smallest absolute Gasteiger partial charge is 0.361 e. The molecule has 3 aromatic rings. The van der Waals surface area contributed by atoms with Crippen LogP contribution < -0.4 is 9.47 Å². The Morgan fingerprint density at radius 1 is 1.25 bits per heavy atom. The Morgan fingerprint density at radius 3 is 2.72 bits per heavy atom. The molecule has 2 aromatic carbocycles. The van der Waals surface area contributed by atoms with Crippen LogP contribution in [0.15, 0.2) is 65.6 Å². The number of hydrogen-bond donors (Lipinski definition) is 0. The molecule has 2 heterocycles. The molecular formula is C24H18BrClFNO4. The molecule has 1 aliphatic heterocycles. The number of esters is 1. The Balaban J connectivity index is 1.76. The molecule has 0 radical (unpaired) electrons. The zero-order chi connectivity index (χ0) is 22.9. The summed E-state index contributed by atoms with van der Waals surface area (Å²) in [6.45, 7) is 6.14. The van der Waals surface area contributed by atoms with E-state index in [2.05, 4.69) is 27.5 Å². The second-order valence-corrected chi connectivity index (χ2v) is 8.15. The van der Waals surface area contributed by atoms with Gasteiger partial charge in [-0.25, -0.2) is 14.2 Å². The van der Waals surface area contributed by atoms with Gasteiger partial charge in [-0.15, -0.1) is 0 Å². The first-order valence-electron chi connectivity index (χ1n) is 9.76. The fourth-order valence-electron chi connectivity index (χ4n) is 3.47. The van der Waals surface area contributed by atoms with E-state index < -0.39 is 17.4 Å². The van der Waals surface area contributed by atoms with Crippen LogP contribution in [0.25, 0.3) is 5.57 Å². The van der Waals surface area contributed by atoms with E-state index in [-0.39, 0.29) is 45.6 Å². The Labute approximate surface area is 197 Å². The van der Waals surface area contributed by atoms with Gasteiger partial charge in [0.1, 0.15) is 23.9 Å². The molecule has 1 atom stereocenters. The van der Waals surface area contributed by atoms with Crippen LogP contribution in [0.2, 0.25) is 5.02 Å². The van der Waals surface area contributed by atoms with Gasteiger partial charge in [-0.3, -0.25) is 0 Å². The van der Waals surface area contributed by atoms with E-state index >= 15 is 0 Å². The molecule has 0 amide bonds. The van der Waals surface area contributed by atoms with Gasteiger partial charge in [0.05, 0.1) is 16.1 Å². The van der Waals surface area contributed by atoms with E-state index in [0.29, 0.717) is 5.56 Å². The van der Waals surface area contributed by atoms with Gasteiger partial charge >= 0.3 is 5.97 Å². The summed E-state index contributed by atoms with van der Waals surface area (Å²) in [4.78, 5) is 17.7. The van der Waals surface area contributed by atoms with E-state index in [4.69, 9.17) is 25.8 Å². The summed E-state index contributed by atoms with van der Waals surface area (Å²) in [5.41, 5.74) is -0.0485. The Bertz CT molecular complexity index is 1200. The van der Waals surface area contributed by atoms with Crippen LogP contribution in [0.5, 0.6) is 11.6 Å². The Hall–Kier alpha value is -2.90. The molecule has 1 unspecified atom stereocenters. The Morgan fingerprint density at radius 2 is 2.00 bits per heavy atom. The molecule has 0 N–H and O–H groups in total. The second kappa shape index (κ2) is 8.92. The minimum atomic E-state index is -1.82. The molecule has 0 aliphatic carbocycles. The average Bonchev–Trinajstić information content (AvgIpc) is 3.10. The van der Waals surface area contributed by atoms with Crippen molar-refractivity contribution in [2.24, 2.45) is 0 Å². The minimum Gasteiger partial charge on any atom is -0.473 e. The molecule has 0 fully saturated rings. The highest BCUT2D eigenvalue weighted by Gasteiger charge is 2.55. The lowest BCUT2D eigenvalue weighted by Gasteiger charge is -2.27. The summed E-state index contributed by atoms with van der Waals surface area (Å²) in [5, 5.41) is -0.138. The molecule has 0 saturated heterocycles. The first kappa shape index (κ1) is 22.3. The van der Waals surface area contributed by atoms with Crippen molar-refractivity contribution in [1.82, 2.24) is 4.98 Å². The summed E-state index contributed by atoms with van der Waals surface area (Å²) in [6.07, 6.45) is 0. The van der Waals surface area contributed by atoms with Crippen molar-refractivity contribution < 1.29 is 23.4 Å². The van der Waals surface area contributed by atoms with E-state index in [0.717, 1.165) is 11.6 Å². The van der Waals surface area contributed by atoms with Crippen LogP contribution in [0.3, 0.4) is 0 Å². The standard InChI is InChI=1S/C24H18BrClFNO4/c1-3-30-23(29)24(14(2)20-17(32-24)12-16(27)22(26)21(20)25)18-10-7-11-19(28-18)31-13-15-8-5-4-6-9-15/h4-12H,2-3,13H2,1H3. The number of hydrogen-bond acceptors (Lipinski definition) is 5. The molecule has 32 heavy (non-hydrogen) atoms. The SMILES string of the molecule is C=C1c2c(cc(F)c(Cl)c2Br)OC1(C(=O)OCC)c1cccc(OCc2ccccc2)n1. The van der Waals surface area contributed by atoms with Gasteiger partial charge in [-0.1, -0.05) is 54.6 Å². The number of rotatable bonds is 6. The van der Waals surface area contributed by atoms with Gasteiger partial charge in [0.15, 0.2) is 0 Å². The summed E-state index contributed by atoms with van der Waals surface area (Å²) >= 11 is 9.35. The molecule has 5 nitrogen and oxygen atoms in total. The zero-order valence-corrected chi connectivity index (χ0v) is 19.4. The van der Waals surface area contributed by atoms with Gasteiger partial charge in [0, 0.05) is 23.3 Å². The summed E-state index contributed by atoms with van der Waals surface area (Å²) in [6, 6.07) is 15.7. The van der Waals surface area contributed by atoms with Crippen molar-refractivity contribution in [2.75, 3.05) is 6.61 Å². The number of fused-ring (bicyclic) bond motifs is 1. The summed E-state index contributed by atoms with van der Waals surface area (Å²) in [7, 11) is 0. The van der Waals surface area contributed by atoms with Crippen molar-refractivity contribution in [3.63, 3.8) is 0 Å². The lowest BCUT2D eigenvalue weighted by atomic mass is 9.88. The first-order chi connectivity index (χ1) is 15.4. The maximum atomic E-state index is 14.3. The third kappa shape index (κ3) is 3.76. The second-order valence-electron chi connectivity index (χ2n) is 6.98. The van der Waals surface area contributed by atoms with Crippen LogP contribution in [-0.2, 0) is 21.7 Å². The predicted octanol–water partition coefficient (Wildman–Crippen LogP) is 6.08. The maximum absolute atomic E-state index is 14.3. The van der Waals surface area contributed by atoms with Gasteiger partial charge in [0.2, 0.25) is 5.88 Å². The molecule has 1 aromatic heterocycles. The fourth-order valence-corrected chi connectivity index (χ4v) is 4.24. The molecule has 8 heteroatoms. The van der Waals surface area contributed by atoms with Crippen molar-refractivity contribution in [3.8, 4) is 11.6 Å². The van der Waals surface area contributed by atoms with Gasteiger partial charge in [-0.2, -0.15) is 0 Å². The fraction of sp³-hybridized carbons (Fsp3) is 0.167. The first-order valence-corrected chi connectivity index (χ1v) is 10.9. The monoisotopic (exact) mass is 517 g/mol. The van der Waals surface area contributed by atoms with Gasteiger partial charge in [0.25, 0.3) is 5.60 Å². The van der Waals surface area contributed by atoms with Crippen molar-refractivity contribution in [2.45, 2.75) is 19.1 Å². The number of benzene rings is 2. The number of ether oxygens (including phenoxy) is 3. The van der Waals surface area contributed by atoms with E-state index in [1.807, 2.05) is 30.3 Å². The number of carbonyl (C=O) groups excluding carboxylic acids is 1. The number of halogens is 3. The van der Waals surface area contributed by atoms with E-state index in [1.54, 1.807) is 25.1 Å². The third-order valence-corrected chi connectivity index (χ3v) is 6.38. The van der Waals surface area contributed by atoms with Crippen molar-refractivity contribution >= 4 is 39.1 Å². The largest absolute Gasteiger partial charge is 0.473 e. The molecule has 0 bridgehead atoms. The predicted molar refractivity (Wildman–Crippen MR) is 122 cm³/mol. The lowest BCUT2D eigenvalue weighted by Crippen LogP contribution is -2.41. The van der Waals surface area contributed by atoms with Crippen molar-refractivity contribution in [1.29, 1.82) is 0 Å². The van der Waals surface area contributed by atoms with Crippen LogP contribution in [-0.4, -0.2) is 17.6 Å². The highest BCUT2D eigenvalue weighted by atomic mass is 79.9. The topological polar surface area (TPSA) is 57.7 Å². The number of nitrogens with zero attached hydrogens (tertiary/aromatic N) is 1. The normalized spacial score (nSPS) is 16.9. The minimum absolute atomic E-state index is 0.105. The molecule has 0 spiro atoms. The van der Waals surface area contributed by atoms with E-state index in [1.165, 1.54) is 0 Å². The molecule has 164 valence electrons. The molecule has 4 rings (SSSR count). The van der Waals surface area contributed by atoms with Gasteiger partial charge < -0.3 is 14.2 Å². The number of pyridine rings is 1. The third-order valence-electron chi connectivity index (χ3n) is 4.99. The maximum Gasteiger partial charge on any atom is 0.361 e. The average molecular weight is 519 g/mol. The Kier molecular flexibility index (Phi) is 6.22. The van der Waals surface area contributed by atoms with Crippen molar-refractivity contribution in [3.05, 3.63) is 93.3 Å². The van der Waals surface area contributed by atoms with Crippen LogP contribution in [0.4, 0.5) is 4.39 Å². The zero-order valence-electron chi connectivity index (χ0n) is 17.0. The lowest BCUT2D eigenvalue weighted by molar-refractivity contribution is -0.156. The number of aromatic nitrogens is 1.